The third-order valence-electron chi connectivity index (χ3n) is 4.80. The van der Waals surface area contributed by atoms with Gasteiger partial charge in [-0.1, -0.05) is 42.5 Å². The predicted octanol–water partition coefficient (Wildman–Crippen LogP) is 3.66. The van der Waals surface area contributed by atoms with Crippen molar-refractivity contribution in [1.29, 1.82) is 0 Å². The average molecular weight is 359 g/mol. The number of hydrogen-bond donors (Lipinski definition) is 3. The second kappa shape index (κ2) is 7.60. The van der Waals surface area contributed by atoms with E-state index in [1.807, 2.05) is 54.6 Å². The van der Waals surface area contributed by atoms with Gasteiger partial charge < -0.3 is 15.7 Å². The highest BCUT2D eigenvalue weighted by Crippen LogP contribution is 2.24. The van der Waals surface area contributed by atoms with Crippen molar-refractivity contribution in [2.24, 2.45) is 5.92 Å². The van der Waals surface area contributed by atoms with Gasteiger partial charge in [-0.3, -0.25) is 4.79 Å². The van der Waals surface area contributed by atoms with Gasteiger partial charge in [0.05, 0.1) is 11.6 Å². The van der Waals surface area contributed by atoms with Crippen molar-refractivity contribution in [1.82, 2.24) is 10.3 Å². The van der Waals surface area contributed by atoms with Crippen LogP contribution in [-0.4, -0.2) is 29.1 Å². The minimum absolute atomic E-state index is 0.0205. The number of para-hydroxylation sites is 2. The number of aromatic nitrogens is 1. The number of nitrogens with zero attached hydrogens (tertiary/aromatic N) is 1. The number of fused-ring (bicyclic) bond motifs is 1. The van der Waals surface area contributed by atoms with Crippen LogP contribution in [0.2, 0.25) is 0 Å². The summed E-state index contributed by atoms with van der Waals surface area (Å²) in [6.07, 6.45) is 4.68. The zero-order valence-corrected chi connectivity index (χ0v) is 14.9. The molecule has 1 aliphatic rings. The molecule has 1 aliphatic heterocycles. The molecule has 0 radical (unpaired) electrons. The Balaban J connectivity index is 1.57. The van der Waals surface area contributed by atoms with E-state index in [1.54, 1.807) is 12.1 Å². The third kappa shape index (κ3) is 3.83. The fourth-order valence-electron chi connectivity index (χ4n) is 3.28. The van der Waals surface area contributed by atoms with Gasteiger partial charge in [0.1, 0.15) is 11.3 Å². The summed E-state index contributed by atoms with van der Waals surface area (Å²) in [5.74, 6) is 0.238. The van der Waals surface area contributed by atoms with Crippen molar-refractivity contribution in [2.75, 3.05) is 18.4 Å². The predicted molar refractivity (Wildman–Crippen MR) is 108 cm³/mol. The molecule has 4 rings (SSSR count). The van der Waals surface area contributed by atoms with Gasteiger partial charge in [0, 0.05) is 17.6 Å². The van der Waals surface area contributed by atoms with Crippen molar-refractivity contribution in [3.05, 3.63) is 65.9 Å². The van der Waals surface area contributed by atoms with E-state index < -0.39 is 0 Å². The van der Waals surface area contributed by atoms with Crippen molar-refractivity contribution in [3.63, 3.8) is 0 Å². The zero-order valence-electron chi connectivity index (χ0n) is 14.9. The van der Waals surface area contributed by atoms with Crippen LogP contribution in [0.5, 0.6) is 5.75 Å². The van der Waals surface area contributed by atoms with Gasteiger partial charge in [-0.2, -0.15) is 0 Å². The first-order valence-corrected chi connectivity index (χ1v) is 9.08. The van der Waals surface area contributed by atoms with Crippen LogP contribution >= 0.6 is 0 Å². The highest BCUT2D eigenvalue weighted by atomic mass is 16.3. The molecule has 3 aromatic rings. The van der Waals surface area contributed by atoms with E-state index in [9.17, 15) is 9.90 Å². The lowest BCUT2D eigenvalue weighted by Crippen LogP contribution is -2.24. The first-order chi connectivity index (χ1) is 13.2. The Labute approximate surface area is 157 Å². The summed E-state index contributed by atoms with van der Waals surface area (Å²) in [6, 6.07) is 16.9. The molecule has 1 atom stereocenters. The molecule has 0 aliphatic carbocycles. The summed E-state index contributed by atoms with van der Waals surface area (Å²) in [5, 5.41) is 17.1. The van der Waals surface area contributed by atoms with Gasteiger partial charge in [-0.05, 0) is 42.8 Å². The molecule has 2 aromatic carbocycles. The molecular weight excluding hydrogens is 338 g/mol. The quantitative estimate of drug-likeness (QED) is 0.665. The molecule has 1 fully saturated rings. The van der Waals surface area contributed by atoms with Gasteiger partial charge in [-0.15, -0.1) is 0 Å². The number of benzene rings is 2. The number of carbonyl (C=O) groups excluding carboxylic acids is 1. The molecule has 136 valence electrons. The van der Waals surface area contributed by atoms with Crippen molar-refractivity contribution >= 4 is 34.6 Å². The number of hydrogen-bond acceptors (Lipinski definition) is 4. The van der Waals surface area contributed by atoms with Crippen molar-refractivity contribution in [3.8, 4) is 5.75 Å². The lowest BCUT2D eigenvalue weighted by atomic mass is 10.1. The van der Waals surface area contributed by atoms with Crippen LogP contribution in [0.4, 0.5) is 5.69 Å². The maximum Gasteiger partial charge on any atom is 0.228 e. The van der Waals surface area contributed by atoms with E-state index in [0.29, 0.717) is 5.52 Å². The number of carbonyl (C=O) groups is 1. The van der Waals surface area contributed by atoms with Crippen LogP contribution in [0.1, 0.15) is 17.7 Å². The van der Waals surface area contributed by atoms with Crippen LogP contribution in [0.15, 0.2) is 54.6 Å². The van der Waals surface area contributed by atoms with Crippen LogP contribution < -0.4 is 10.6 Å². The Morgan fingerprint density at radius 2 is 2.00 bits per heavy atom. The molecule has 1 aromatic heterocycles. The lowest BCUT2D eigenvalue weighted by molar-refractivity contribution is -0.119. The van der Waals surface area contributed by atoms with E-state index in [-0.39, 0.29) is 17.6 Å². The summed E-state index contributed by atoms with van der Waals surface area (Å²) < 4.78 is 0. The summed E-state index contributed by atoms with van der Waals surface area (Å²) in [6.45, 7) is 1.62. The molecule has 0 spiro atoms. The summed E-state index contributed by atoms with van der Waals surface area (Å²) in [7, 11) is 0. The van der Waals surface area contributed by atoms with Crippen LogP contribution in [0, 0.1) is 5.92 Å². The number of anilines is 1. The van der Waals surface area contributed by atoms with Crippen LogP contribution in [0.3, 0.4) is 0 Å². The van der Waals surface area contributed by atoms with Gasteiger partial charge >= 0.3 is 0 Å². The number of rotatable bonds is 4. The second-order valence-electron chi connectivity index (χ2n) is 6.68. The van der Waals surface area contributed by atoms with Crippen molar-refractivity contribution in [2.45, 2.75) is 6.42 Å². The Morgan fingerprint density at radius 3 is 2.85 bits per heavy atom. The van der Waals surface area contributed by atoms with E-state index in [4.69, 9.17) is 0 Å². The SMILES string of the molecule is O=C(Nc1ccccc1/C=C/c1ccc2cccc(O)c2n1)C1CCNC1. The monoisotopic (exact) mass is 359 g/mol. The highest BCUT2D eigenvalue weighted by Gasteiger charge is 2.22. The minimum atomic E-state index is 0.0205. The number of pyridine rings is 1. The Kier molecular flexibility index (Phi) is 4.85. The fraction of sp³-hybridized carbons (Fsp3) is 0.182. The molecule has 5 nitrogen and oxygen atoms in total. The van der Waals surface area contributed by atoms with Crippen LogP contribution in [-0.2, 0) is 4.79 Å². The molecule has 1 saturated heterocycles. The minimum Gasteiger partial charge on any atom is -0.506 e. The average Bonchev–Trinajstić information content (AvgIpc) is 3.23. The lowest BCUT2D eigenvalue weighted by Gasteiger charge is -2.12. The highest BCUT2D eigenvalue weighted by molar-refractivity contribution is 5.95. The molecule has 2 heterocycles. The number of nitrogens with one attached hydrogen (secondary N) is 2. The van der Waals surface area contributed by atoms with E-state index in [1.165, 1.54) is 0 Å². The summed E-state index contributed by atoms with van der Waals surface area (Å²) in [4.78, 5) is 16.9. The molecule has 5 heteroatoms. The van der Waals surface area contributed by atoms with Gasteiger partial charge in [0.2, 0.25) is 5.91 Å². The molecule has 0 bridgehead atoms. The first-order valence-electron chi connectivity index (χ1n) is 9.08. The molecule has 0 saturated carbocycles. The van der Waals surface area contributed by atoms with Gasteiger partial charge in [-0.25, -0.2) is 4.98 Å². The smallest absolute Gasteiger partial charge is 0.228 e. The third-order valence-corrected chi connectivity index (χ3v) is 4.80. The van der Waals surface area contributed by atoms with Gasteiger partial charge in [0.15, 0.2) is 0 Å². The topological polar surface area (TPSA) is 74.2 Å². The van der Waals surface area contributed by atoms with E-state index >= 15 is 0 Å². The van der Waals surface area contributed by atoms with Crippen LogP contribution in [0.25, 0.3) is 23.1 Å². The Morgan fingerprint density at radius 1 is 1.11 bits per heavy atom. The number of phenolic OH excluding ortho intramolecular Hbond substituents is 1. The number of aromatic hydroxyl groups is 1. The number of phenols is 1. The van der Waals surface area contributed by atoms with Crippen molar-refractivity contribution < 1.29 is 9.90 Å². The fourth-order valence-corrected chi connectivity index (χ4v) is 3.28. The molecule has 3 N–H and O–H groups in total. The summed E-state index contributed by atoms with van der Waals surface area (Å²) >= 11 is 0. The standard InChI is InChI=1S/C22H21N3O2/c26-20-7-3-5-16-9-11-18(24-21(16)20)10-8-15-4-1-2-6-19(15)25-22(27)17-12-13-23-14-17/h1-11,17,23,26H,12-14H2,(H,25,27)/b10-8+. The second-order valence-corrected chi connectivity index (χ2v) is 6.68. The normalized spacial score (nSPS) is 16.8. The molecule has 27 heavy (non-hydrogen) atoms. The maximum atomic E-state index is 12.4. The van der Waals surface area contributed by atoms with E-state index in [2.05, 4.69) is 15.6 Å². The Hall–Kier alpha value is -3.18. The van der Waals surface area contributed by atoms with Gasteiger partial charge in [0.25, 0.3) is 0 Å². The van der Waals surface area contributed by atoms with E-state index in [0.717, 1.165) is 41.8 Å². The summed E-state index contributed by atoms with van der Waals surface area (Å²) in [5.41, 5.74) is 3.02. The Bertz CT molecular complexity index is 1010. The molecular formula is C22H21N3O2. The zero-order chi connectivity index (χ0) is 18.6. The molecule has 1 amide bonds. The maximum absolute atomic E-state index is 12.4. The number of amides is 1. The molecule has 1 unspecified atom stereocenters. The first kappa shape index (κ1) is 17.2. The largest absolute Gasteiger partial charge is 0.506 e.